The number of benzene rings is 1. The molecule has 2 aromatic rings. The Balaban J connectivity index is 2.23. The predicted octanol–water partition coefficient (Wildman–Crippen LogP) is 3.15. The van der Waals surface area contributed by atoms with Crippen molar-refractivity contribution < 1.29 is 4.21 Å². The summed E-state index contributed by atoms with van der Waals surface area (Å²) in [6.07, 6.45) is 1.67. The van der Waals surface area contributed by atoms with Crippen molar-refractivity contribution in [2.24, 2.45) is 5.73 Å². The fourth-order valence-corrected chi connectivity index (χ4v) is 3.17. The van der Waals surface area contributed by atoms with E-state index >= 15 is 0 Å². The third-order valence-corrected chi connectivity index (χ3v) is 4.71. The van der Waals surface area contributed by atoms with Gasteiger partial charge in [-0.1, -0.05) is 29.3 Å². The lowest BCUT2D eigenvalue weighted by Crippen LogP contribution is -2.06. The van der Waals surface area contributed by atoms with Crippen LogP contribution in [-0.4, -0.2) is 9.19 Å². The Bertz CT molecular complexity index is 619. The molecule has 1 aromatic carbocycles. The third kappa shape index (κ3) is 3.54. The first kappa shape index (κ1) is 14.5. The van der Waals surface area contributed by atoms with Gasteiger partial charge in [-0.15, -0.1) is 0 Å². The van der Waals surface area contributed by atoms with Crippen LogP contribution in [-0.2, 0) is 23.1 Å². The maximum absolute atomic E-state index is 12.3. The second kappa shape index (κ2) is 6.48. The number of nitrogens with zero attached hydrogens (tertiary/aromatic N) is 1. The molecular formula is C13H12Cl2N2OS. The Morgan fingerprint density at radius 1 is 1.21 bits per heavy atom. The number of pyridine rings is 1. The second-order valence-corrected chi connectivity index (χ2v) is 6.14. The molecule has 1 heterocycles. The van der Waals surface area contributed by atoms with Crippen LogP contribution in [0.2, 0.25) is 10.0 Å². The van der Waals surface area contributed by atoms with E-state index in [-0.39, 0.29) is 0 Å². The smallest absolute Gasteiger partial charge is 0.0604 e. The quantitative estimate of drug-likeness (QED) is 0.943. The molecule has 0 saturated carbocycles. The van der Waals surface area contributed by atoms with Crippen molar-refractivity contribution in [3.8, 4) is 0 Å². The normalized spacial score (nSPS) is 12.4. The molecule has 0 amide bonds. The van der Waals surface area contributed by atoms with Crippen molar-refractivity contribution in [3.63, 3.8) is 0 Å². The zero-order valence-electron chi connectivity index (χ0n) is 9.98. The molecule has 0 aliphatic carbocycles. The van der Waals surface area contributed by atoms with E-state index in [0.29, 0.717) is 27.2 Å². The van der Waals surface area contributed by atoms with E-state index in [1.54, 1.807) is 30.5 Å². The Morgan fingerprint density at radius 3 is 2.68 bits per heavy atom. The molecule has 100 valence electrons. The molecule has 1 aromatic heterocycles. The van der Waals surface area contributed by atoms with Crippen LogP contribution < -0.4 is 5.73 Å². The molecule has 0 spiro atoms. The highest BCUT2D eigenvalue weighted by molar-refractivity contribution is 7.84. The van der Waals surface area contributed by atoms with Gasteiger partial charge in [0.05, 0.1) is 32.3 Å². The minimum atomic E-state index is -1.20. The molecular weight excluding hydrogens is 303 g/mol. The molecule has 0 bridgehead atoms. The average Bonchev–Trinajstić information content (AvgIpc) is 2.42. The number of nitrogens with two attached hydrogens (primary N) is 1. The first-order valence-corrected chi connectivity index (χ1v) is 7.65. The topological polar surface area (TPSA) is 56.0 Å². The van der Waals surface area contributed by atoms with Crippen molar-refractivity contribution >= 4 is 34.0 Å². The van der Waals surface area contributed by atoms with Gasteiger partial charge >= 0.3 is 0 Å². The highest BCUT2D eigenvalue weighted by Crippen LogP contribution is 2.25. The van der Waals surface area contributed by atoms with Crippen LogP contribution in [0.3, 0.4) is 0 Å². The van der Waals surface area contributed by atoms with Gasteiger partial charge in [0.25, 0.3) is 0 Å². The van der Waals surface area contributed by atoms with Gasteiger partial charge in [0.15, 0.2) is 0 Å². The summed E-state index contributed by atoms with van der Waals surface area (Å²) in [5.74, 6) is 0.359. The van der Waals surface area contributed by atoms with E-state index in [9.17, 15) is 4.21 Å². The van der Waals surface area contributed by atoms with Gasteiger partial charge in [-0.05, 0) is 29.8 Å². The number of halogens is 2. The van der Waals surface area contributed by atoms with E-state index in [0.717, 1.165) is 11.3 Å². The minimum Gasteiger partial charge on any atom is -0.325 e. The summed E-state index contributed by atoms with van der Waals surface area (Å²) in [5.41, 5.74) is 7.25. The van der Waals surface area contributed by atoms with E-state index < -0.39 is 10.8 Å². The van der Waals surface area contributed by atoms with Crippen molar-refractivity contribution in [2.45, 2.75) is 17.2 Å². The number of hydrogen-bond acceptors (Lipinski definition) is 3. The monoisotopic (exact) mass is 314 g/mol. The lowest BCUT2D eigenvalue weighted by atomic mass is 10.2. The maximum Gasteiger partial charge on any atom is 0.0604 e. The van der Waals surface area contributed by atoms with E-state index in [4.69, 9.17) is 28.9 Å². The molecule has 2 rings (SSSR count). The van der Waals surface area contributed by atoms with Crippen LogP contribution in [0.4, 0.5) is 0 Å². The Kier molecular flexibility index (Phi) is 4.93. The van der Waals surface area contributed by atoms with Crippen molar-refractivity contribution in [1.82, 2.24) is 4.98 Å². The molecule has 1 atom stereocenters. The van der Waals surface area contributed by atoms with Gasteiger partial charge in [-0.3, -0.25) is 9.19 Å². The molecule has 0 radical (unpaired) electrons. The molecule has 0 fully saturated rings. The molecule has 0 saturated heterocycles. The fourth-order valence-electron chi connectivity index (χ4n) is 1.63. The highest BCUT2D eigenvalue weighted by atomic mass is 35.5. The Morgan fingerprint density at radius 2 is 2.00 bits per heavy atom. The standard InChI is InChI=1S/C13H12Cl2N2OS/c14-11-4-3-10(6-12(11)15)19(18)8-9-2-1-5-17-13(9)7-16/h1-6H,7-8,16H2. The van der Waals surface area contributed by atoms with Crippen LogP contribution in [0.5, 0.6) is 0 Å². The van der Waals surface area contributed by atoms with Crippen molar-refractivity contribution in [3.05, 3.63) is 57.8 Å². The van der Waals surface area contributed by atoms with Gasteiger partial charge in [0, 0.05) is 17.6 Å². The van der Waals surface area contributed by atoms with E-state index in [2.05, 4.69) is 4.98 Å². The van der Waals surface area contributed by atoms with Gasteiger partial charge in [-0.25, -0.2) is 0 Å². The average molecular weight is 315 g/mol. The van der Waals surface area contributed by atoms with Gasteiger partial charge < -0.3 is 5.73 Å². The maximum atomic E-state index is 12.3. The number of aromatic nitrogens is 1. The van der Waals surface area contributed by atoms with E-state index in [1.807, 2.05) is 6.07 Å². The van der Waals surface area contributed by atoms with Crippen LogP contribution in [0.25, 0.3) is 0 Å². The largest absolute Gasteiger partial charge is 0.325 e. The summed E-state index contributed by atoms with van der Waals surface area (Å²) >= 11 is 11.8. The summed E-state index contributed by atoms with van der Waals surface area (Å²) < 4.78 is 12.3. The van der Waals surface area contributed by atoms with Gasteiger partial charge in [-0.2, -0.15) is 0 Å². The summed E-state index contributed by atoms with van der Waals surface area (Å²) in [4.78, 5) is 4.81. The lowest BCUT2D eigenvalue weighted by Gasteiger charge is -2.07. The van der Waals surface area contributed by atoms with Crippen molar-refractivity contribution in [1.29, 1.82) is 0 Å². The molecule has 0 aliphatic rings. The summed E-state index contributed by atoms with van der Waals surface area (Å²) in [6.45, 7) is 0.328. The zero-order chi connectivity index (χ0) is 13.8. The third-order valence-electron chi connectivity index (χ3n) is 2.62. The number of rotatable bonds is 4. The molecule has 0 aliphatic heterocycles. The number of hydrogen-bond donors (Lipinski definition) is 1. The second-order valence-electron chi connectivity index (χ2n) is 3.88. The molecule has 19 heavy (non-hydrogen) atoms. The summed E-state index contributed by atoms with van der Waals surface area (Å²) in [5, 5.41) is 0.851. The minimum absolute atomic E-state index is 0.328. The summed E-state index contributed by atoms with van der Waals surface area (Å²) in [7, 11) is -1.20. The van der Waals surface area contributed by atoms with Crippen LogP contribution >= 0.6 is 23.2 Å². The first-order chi connectivity index (χ1) is 9.11. The summed E-state index contributed by atoms with van der Waals surface area (Å²) in [6, 6.07) is 8.66. The van der Waals surface area contributed by atoms with Crippen LogP contribution in [0, 0.1) is 0 Å². The molecule has 6 heteroatoms. The highest BCUT2D eigenvalue weighted by Gasteiger charge is 2.10. The first-order valence-electron chi connectivity index (χ1n) is 5.58. The van der Waals surface area contributed by atoms with Crippen LogP contribution in [0.1, 0.15) is 11.3 Å². The van der Waals surface area contributed by atoms with Crippen LogP contribution in [0.15, 0.2) is 41.4 Å². The zero-order valence-corrected chi connectivity index (χ0v) is 12.3. The fraction of sp³-hybridized carbons (Fsp3) is 0.154. The molecule has 2 N–H and O–H groups in total. The Labute approximate surface area is 124 Å². The SMILES string of the molecule is NCc1ncccc1CS(=O)c1ccc(Cl)c(Cl)c1. The van der Waals surface area contributed by atoms with E-state index in [1.165, 1.54) is 0 Å². The van der Waals surface area contributed by atoms with Crippen molar-refractivity contribution in [2.75, 3.05) is 0 Å². The lowest BCUT2D eigenvalue weighted by molar-refractivity contribution is 0.682. The van der Waals surface area contributed by atoms with Gasteiger partial charge in [0.2, 0.25) is 0 Å². The molecule has 3 nitrogen and oxygen atoms in total. The Hall–Kier alpha value is -0.940. The van der Waals surface area contributed by atoms with Gasteiger partial charge in [0.1, 0.15) is 0 Å². The molecule has 1 unspecified atom stereocenters. The predicted molar refractivity (Wildman–Crippen MR) is 78.7 cm³/mol.